The number of rotatable bonds is 2. The fraction of sp³-hybridized carbons (Fsp3) is 0.600. The number of hydrogen-bond acceptors (Lipinski definition) is 1. The Morgan fingerprint density at radius 1 is 1.42 bits per heavy atom. The van der Waals surface area contributed by atoms with Gasteiger partial charge >= 0.3 is 0 Å². The summed E-state index contributed by atoms with van der Waals surface area (Å²) in [5.41, 5.74) is 0.380. The molecule has 0 fully saturated rings. The van der Waals surface area contributed by atoms with Crippen LogP contribution in [0.2, 0.25) is 0 Å². The van der Waals surface area contributed by atoms with Crippen molar-refractivity contribution in [2.24, 2.45) is 0 Å². The lowest BCUT2D eigenvalue weighted by molar-refractivity contribution is -0.000910. The van der Waals surface area contributed by atoms with Crippen molar-refractivity contribution in [1.82, 2.24) is 4.57 Å². The molecule has 0 spiro atoms. The number of aliphatic hydroxyl groups is 1. The van der Waals surface area contributed by atoms with Crippen LogP contribution < -0.4 is 0 Å². The van der Waals surface area contributed by atoms with Gasteiger partial charge in [-0.05, 0) is 31.9 Å². The van der Waals surface area contributed by atoms with Gasteiger partial charge < -0.3 is 9.67 Å². The summed E-state index contributed by atoms with van der Waals surface area (Å²) in [6.07, 6.45) is 1.91. The molecule has 12 heavy (non-hydrogen) atoms. The smallest absolute Gasteiger partial charge is 0.135 e. The van der Waals surface area contributed by atoms with Gasteiger partial charge in [-0.15, -0.1) is 0 Å². The van der Waals surface area contributed by atoms with Gasteiger partial charge in [0.2, 0.25) is 0 Å². The lowest BCUT2D eigenvalue weighted by Crippen LogP contribution is -2.26. The van der Waals surface area contributed by atoms with E-state index in [4.69, 9.17) is 0 Å². The van der Waals surface area contributed by atoms with Gasteiger partial charge in [0, 0.05) is 11.9 Å². The van der Waals surface area contributed by atoms with Crippen LogP contribution in [0.25, 0.3) is 0 Å². The van der Waals surface area contributed by atoms with Crippen molar-refractivity contribution in [3.8, 4) is 0 Å². The third kappa shape index (κ3) is 1.69. The zero-order chi connectivity index (χ0) is 9.35. The van der Waals surface area contributed by atoms with Crippen LogP contribution in [0.5, 0.6) is 0 Å². The Hall–Kier alpha value is -0.760. The summed E-state index contributed by atoms with van der Waals surface area (Å²) >= 11 is 0. The van der Waals surface area contributed by atoms with E-state index in [0.717, 1.165) is 0 Å². The Morgan fingerprint density at radius 3 is 2.33 bits per heavy atom. The molecule has 0 bridgehead atoms. The molecular weight excluding hydrogens is 150 g/mol. The molecule has 1 N–H and O–H groups in total. The first-order chi connectivity index (χ1) is 5.43. The highest BCUT2D eigenvalue weighted by Crippen LogP contribution is 2.21. The van der Waals surface area contributed by atoms with Crippen molar-refractivity contribution in [2.75, 3.05) is 0 Å². The molecule has 0 aliphatic rings. The minimum atomic E-state index is -0.789. The molecule has 0 aliphatic heterocycles. The zero-order valence-electron chi connectivity index (χ0n) is 8.20. The number of aromatic nitrogens is 1. The van der Waals surface area contributed by atoms with E-state index in [1.807, 2.05) is 22.9 Å². The van der Waals surface area contributed by atoms with E-state index in [2.05, 4.69) is 13.8 Å². The van der Waals surface area contributed by atoms with Gasteiger partial charge in [-0.3, -0.25) is 0 Å². The van der Waals surface area contributed by atoms with E-state index < -0.39 is 5.72 Å². The molecular formula is C10H17NO. The van der Waals surface area contributed by atoms with Gasteiger partial charge in [0.15, 0.2) is 0 Å². The van der Waals surface area contributed by atoms with Crippen LogP contribution in [-0.2, 0) is 5.72 Å². The second-order valence-corrected chi connectivity index (χ2v) is 3.95. The molecule has 0 aliphatic carbocycles. The van der Waals surface area contributed by atoms with Crippen LogP contribution in [0.4, 0.5) is 0 Å². The van der Waals surface area contributed by atoms with E-state index in [9.17, 15) is 5.11 Å². The second kappa shape index (κ2) is 2.94. The molecule has 0 radical (unpaired) electrons. The predicted molar refractivity (Wildman–Crippen MR) is 50.1 cm³/mol. The average molecular weight is 167 g/mol. The first-order valence-corrected chi connectivity index (χ1v) is 4.33. The van der Waals surface area contributed by atoms with E-state index in [1.165, 1.54) is 5.69 Å². The van der Waals surface area contributed by atoms with E-state index in [-0.39, 0.29) is 0 Å². The van der Waals surface area contributed by atoms with Crippen LogP contribution in [0, 0.1) is 0 Å². The van der Waals surface area contributed by atoms with Gasteiger partial charge in [0.05, 0.1) is 0 Å². The van der Waals surface area contributed by atoms with E-state index in [0.29, 0.717) is 5.92 Å². The van der Waals surface area contributed by atoms with Gasteiger partial charge in [-0.1, -0.05) is 13.8 Å². The summed E-state index contributed by atoms with van der Waals surface area (Å²) < 4.78 is 1.90. The first-order valence-electron chi connectivity index (χ1n) is 4.33. The Labute approximate surface area is 73.8 Å². The van der Waals surface area contributed by atoms with Gasteiger partial charge in [0.25, 0.3) is 0 Å². The summed E-state index contributed by atoms with van der Waals surface area (Å²) in [5, 5.41) is 9.77. The van der Waals surface area contributed by atoms with Gasteiger partial charge in [-0.2, -0.15) is 0 Å². The largest absolute Gasteiger partial charge is 0.371 e. The lowest BCUT2D eigenvalue weighted by Gasteiger charge is -2.24. The first kappa shape index (κ1) is 9.33. The average Bonchev–Trinajstić information content (AvgIpc) is 2.30. The van der Waals surface area contributed by atoms with Crippen LogP contribution in [0.3, 0.4) is 0 Å². The standard InChI is InChI=1S/C10H17NO/c1-8(2)9-6-5-7-11(9)10(3,4)12/h5-8,12H,1-4H3. The highest BCUT2D eigenvalue weighted by Gasteiger charge is 2.18. The lowest BCUT2D eigenvalue weighted by atomic mass is 10.1. The maximum Gasteiger partial charge on any atom is 0.135 e. The zero-order valence-corrected chi connectivity index (χ0v) is 8.20. The summed E-state index contributed by atoms with van der Waals surface area (Å²) in [7, 11) is 0. The third-order valence-corrected chi connectivity index (χ3v) is 1.96. The van der Waals surface area contributed by atoms with Crippen LogP contribution in [0.1, 0.15) is 39.3 Å². The van der Waals surface area contributed by atoms with Crippen LogP contribution >= 0.6 is 0 Å². The molecule has 1 aromatic heterocycles. The Kier molecular flexibility index (Phi) is 2.29. The summed E-state index contributed by atoms with van der Waals surface area (Å²) in [6.45, 7) is 7.83. The van der Waals surface area contributed by atoms with Crippen molar-refractivity contribution < 1.29 is 5.11 Å². The Bertz CT molecular complexity index is 255. The molecule has 1 heterocycles. The maximum absolute atomic E-state index is 9.77. The highest BCUT2D eigenvalue weighted by atomic mass is 16.3. The van der Waals surface area contributed by atoms with Crippen LogP contribution in [0.15, 0.2) is 18.3 Å². The Morgan fingerprint density at radius 2 is 2.00 bits per heavy atom. The molecule has 2 nitrogen and oxygen atoms in total. The van der Waals surface area contributed by atoms with Crippen molar-refractivity contribution >= 4 is 0 Å². The molecule has 2 heteroatoms. The summed E-state index contributed by atoms with van der Waals surface area (Å²) in [4.78, 5) is 0. The second-order valence-electron chi connectivity index (χ2n) is 3.95. The molecule has 0 atom stereocenters. The molecule has 1 aromatic rings. The molecule has 0 aromatic carbocycles. The summed E-state index contributed by atoms with van der Waals surface area (Å²) in [5.74, 6) is 0.450. The topological polar surface area (TPSA) is 25.2 Å². The van der Waals surface area contributed by atoms with Gasteiger partial charge in [-0.25, -0.2) is 0 Å². The van der Waals surface area contributed by atoms with Crippen molar-refractivity contribution in [1.29, 1.82) is 0 Å². The fourth-order valence-electron chi connectivity index (χ4n) is 1.36. The molecule has 1 rings (SSSR count). The highest BCUT2D eigenvalue weighted by molar-refractivity contribution is 5.12. The quantitative estimate of drug-likeness (QED) is 0.718. The van der Waals surface area contributed by atoms with Gasteiger partial charge in [0.1, 0.15) is 5.72 Å². The third-order valence-electron chi connectivity index (χ3n) is 1.96. The van der Waals surface area contributed by atoms with Crippen molar-refractivity contribution in [3.63, 3.8) is 0 Å². The normalized spacial score (nSPS) is 12.5. The molecule has 0 saturated heterocycles. The molecule has 0 saturated carbocycles. The molecule has 0 amide bonds. The molecule has 0 unspecified atom stereocenters. The molecule has 68 valence electrons. The Balaban J connectivity index is 3.08. The van der Waals surface area contributed by atoms with E-state index in [1.54, 1.807) is 13.8 Å². The summed E-state index contributed by atoms with van der Waals surface area (Å²) in [6, 6.07) is 4.01. The monoisotopic (exact) mass is 167 g/mol. The minimum Gasteiger partial charge on any atom is -0.371 e. The van der Waals surface area contributed by atoms with Crippen molar-refractivity contribution in [3.05, 3.63) is 24.0 Å². The number of nitrogens with zero attached hydrogens (tertiary/aromatic N) is 1. The predicted octanol–water partition coefficient (Wildman–Crippen LogP) is 2.30. The van der Waals surface area contributed by atoms with E-state index >= 15 is 0 Å². The van der Waals surface area contributed by atoms with Crippen molar-refractivity contribution in [2.45, 2.75) is 39.3 Å². The maximum atomic E-state index is 9.77. The SMILES string of the molecule is CC(C)c1cccn1C(C)(C)O. The number of hydrogen-bond donors (Lipinski definition) is 1. The minimum absolute atomic E-state index is 0.450. The fourth-order valence-corrected chi connectivity index (χ4v) is 1.36. The van der Waals surface area contributed by atoms with Crippen LogP contribution in [-0.4, -0.2) is 9.67 Å².